The lowest BCUT2D eigenvalue weighted by atomic mass is 9.82. The van der Waals surface area contributed by atoms with Gasteiger partial charge in [0.1, 0.15) is 0 Å². The van der Waals surface area contributed by atoms with E-state index in [0.717, 1.165) is 41.3 Å². The zero-order chi connectivity index (χ0) is 18.8. The molecule has 5 nitrogen and oxygen atoms in total. The molecule has 1 aliphatic carbocycles. The predicted octanol–water partition coefficient (Wildman–Crippen LogP) is 4.16. The number of hydrogen-bond donors (Lipinski definition) is 0. The molecule has 1 fully saturated rings. The number of rotatable bonds is 6. The third kappa shape index (κ3) is 3.72. The molecule has 5 heteroatoms. The molecular formula is C22H26N4O. The molecular weight excluding hydrogens is 336 g/mol. The van der Waals surface area contributed by atoms with Crippen molar-refractivity contribution >= 4 is 0 Å². The second-order valence-electron chi connectivity index (χ2n) is 7.53. The van der Waals surface area contributed by atoms with Crippen molar-refractivity contribution < 1.29 is 0 Å². The molecule has 1 saturated carbocycles. The van der Waals surface area contributed by atoms with E-state index in [1.807, 2.05) is 29.3 Å². The van der Waals surface area contributed by atoms with Gasteiger partial charge in [-0.1, -0.05) is 32.3 Å². The average Bonchev–Trinajstić information content (AvgIpc) is 3.10. The molecule has 0 N–H and O–H groups in total. The fraction of sp³-hybridized carbons (Fsp3) is 0.409. The number of hydrogen-bond acceptors (Lipinski definition) is 3. The van der Waals surface area contributed by atoms with Crippen LogP contribution in [0, 0.1) is 12.8 Å². The van der Waals surface area contributed by atoms with Gasteiger partial charge in [-0.05, 0) is 37.8 Å². The van der Waals surface area contributed by atoms with E-state index in [-0.39, 0.29) is 5.56 Å². The van der Waals surface area contributed by atoms with Gasteiger partial charge in [-0.3, -0.25) is 9.78 Å². The Bertz CT molecular complexity index is 998. The number of aromatic nitrogens is 4. The van der Waals surface area contributed by atoms with Crippen LogP contribution in [0.2, 0.25) is 0 Å². The van der Waals surface area contributed by atoms with E-state index in [4.69, 9.17) is 4.98 Å². The fourth-order valence-electron chi connectivity index (χ4n) is 3.70. The number of aryl methyl sites for hydroxylation is 2. The van der Waals surface area contributed by atoms with Crippen molar-refractivity contribution in [3.8, 4) is 16.8 Å². The molecule has 0 radical (unpaired) electrons. The van der Waals surface area contributed by atoms with Crippen molar-refractivity contribution in [3.63, 3.8) is 0 Å². The molecule has 3 heterocycles. The van der Waals surface area contributed by atoms with Crippen LogP contribution < -0.4 is 5.56 Å². The van der Waals surface area contributed by atoms with Gasteiger partial charge < -0.3 is 4.57 Å². The molecule has 27 heavy (non-hydrogen) atoms. The standard InChI is InChI=1S/C22H26N4O/c1-3-11-25-15-20(8-10-22(25)27)26-14-18(13-23-26)21-9-7-19(24-16(21)2)12-17-5-4-6-17/h7-10,13-15,17H,3-6,11-12H2,1-2H3. The quantitative estimate of drug-likeness (QED) is 0.662. The summed E-state index contributed by atoms with van der Waals surface area (Å²) >= 11 is 0. The summed E-state index contributed by atoms with van der Waals surface area (Å²) in [5.74, 6) is 0.823. The summed E-state index contributed by atoms with van der Waals surface area (Å²) in [6.07, 6.45) is 11.8. The molecule has 0 unspecified atom stereocenters. The first-order valence-corrected chi connectivity index (χ1v) is 9.86. The molecule has 0 aliphatic heterocycles. The Morgan fingerprint density at radius 2 is 2.00 bits per heavy atom. The van der Waals surface area contributed by atoms with Crippen LogP contribution in [0.5, 0.6) is 0 Å². The third-order valence-electron chi connectivity index (χ3n) is 5.46. The van der Waals surface area contributed by atoms with Gasteiger partial charge >= 0.3 is 0 Å². The highest BCUT2D eigenvalue weighted by Gasteiger charge is 2.18. The molecule has 4 rings (SSSR count). The maximum atomic E-state index is 11.9. The van der Waals surface area contributed by atoms with Gasteiger partial charge in [0.25, 0.3) is 5.56 Å². The monoisotopic (exact) mass is 362 g/mol. The maximum Gasteiger partial charge on any atom is 0.250 e. The Kier molecular flexibility index (Phi) is 4.92. The molecule has 3 aromatic heterocycles. The minimum absolute atomic E-state index is 0.0232. The first-order valence-electron chi connectivity index (χ1n) is 9.86. The van der Waals surface area contributed by atoms with Crippen LogP contribution in [0.15, 0.2) is 47.7 Å². The molecule has 0 aromatic carbocycles. The zero-order valence-electron chi connectivity index (χ0n) is 16.1. The fourth-order valence-corrected chi connectivity index (χ4v) is 3.70. The van der Waals surface area contributed by atoms with Crippen LogP contribution in [-0.2, 0) is 13.0 Å². The SMILES string of the molecule is CCCn1cc(-n2cc(-c3ccc(CC4CCC4)nc3C)cn2)ccc1=O. The Morgan fingerprint density at radius 1 is 1.15 bits per heavy atom. The third-order valence-corrected chi connectivity index (χ3v) is 5.46. The van der Waals surface area contributed by atoms with E-state index in [2.05, 4.69) is 31.1 Å². The molecule has 0 amide bonds. The Hall–Kier alpha value is -2.69. The van der Waals surface area contributed by atoms with Gasteiger partial charge in [-0.15, -0.1) is 0 Å². The number of pyridine rings is 2. The lowest BCUT2D eigenvalue weighted by molar-refractivity contribution is 0.312. The number of nitrogens with zero attached hydrogens (tertiary/aromatic N) is 4. The summed E-state index contributed by atoms with van der Waals surface area (Å²) in [5.41, 5.74) is 5.31. The Labute approximate surface area is 159 Å². The summed E-state index contributed by atoms with van der Waals surface area (Å²) in [7, 11) is 0. The van der Waals surface area contributed by atoms with Crippen molar-refractivity contribution in [3.05, 3.63) is 64.6 Å². The van der Waals surface area contributed by atoms with Gasteiger partial charge in [0.2, 0.25) is 0 Å². The van der Waals surface area contributed by atoms with Crippen molar-refractivity contribution in [2.24, 2.45) is 5.92 Å². The van der Waals surface area contributed by atoms with E-state index in [9.17, 15) is 4.79 Å². The topological polar surface area (TPSA) is 52.7 Å². The summed E-state index contributed by atoms with van der Waals surface area (Å²) in [5, 5.41) is 4.50. The van der Waals surface area contributed by atoms with E-state index >= 15 is 0 Å². The van der Waals surface area contributed by atoms with Crippen LogP contribution in [0.4, 0.5) is 0 Å². The lowest BCUT2D eigenvalue weighted by Crippen LogP contribution is -2.19. The van der Waals surface area contributed by atoms with Crippen molar-refractivity contribution in [2.45, 2.75) is 52.5 Å². The molecule has 0 atom stereocenters. The first-order chi connectivity index (χ1) is 13.1. The van der Waals surface area contributed by atoms with Crippen LogP contribution >= 0.6 is 0 Å². The highest BCUT2D eigenvalue weighted by molar-refractivity contribution is 5.64. The molecule has 1 aliphatic rings. The average molecular weight is 362 g/mol. The Morgan fingerprint density at radius 3 is 2.70 bits per heavy atom. The predicted molar refractivity (Wildman–Crippen MR) is 107 cm³/mol. The van der Waals surface area contributed by atoms with Gasteiger partial charge in [0.15, 0.2) is 0 Å². The van der Waals surface area contributed by atoms with E-state index in [0.29, 0.717) is 6.54 Å². The molecule has 0 spiro atoms. The van der Waals surface area contributed by atoms with Gasteiger partial charge in [0.05, 0.1) is 11.9 Å². The minimum Gasteiger partial charge on any atom is -0.313 e. The van der Waals surface area contributed by atoms with Crippen molar-refractivity contribution in [1.29, 1.82) is 0 Å². The van der Waals surface area contributed by atoms with Crippen LogP contribution in [0.25, 0.3) is 16.8 Å². The second kappa shape index (κ2) is 7.51. The smallest absolute Gasteiger partial charge is 0.250 e. The molecule has 3 aromatic rings. The van der Waals surface area contributed by atoms with E-state index in [1.165, 1.54) is 25.0 Å². The lowest BCUT2D eigenvalue weighted by Gasteiger charge is -2.25. The highest BCUT2D eigenvalue weighted by atomic mass is 16.1. The van der Waals surface area contributed by atoms with E-state index < -0.39 is 0 Å². The normalized spacial score (nSPS) is 14.3. The zero-order valence-corrected chi connectivity index (χ0v) is 16.1. The van der Waals surface area contributed by atoms with Crippen molar-refractivity contribution in [1.82, 2.24) is 19.3 Å². The van der Waals surface area contributed by atoms with Crippen LogP contribution in [0.1, 0.15) is 44.0 Å². The largest absolute Gasteiger partial charge is 0.313 e. The minimum atomic E-state index is 0.0232. The van der Waals surface area contributed by atoms with Gasteiger partial charge in [-0.25, -0.2) is 4.68 Å². The second-order valence-corrected chi connectivity index (χ2v) is 7.53. The van der Waals surface area contributed by atoms with Gasteiger partial charge in [-0.2, -0.15) is 5.10 Å². The molecule has 0 bridgehead atoms. The van der Waals surface area contributed by atoms with Crippen molar-refractivity contribution in [2.75, 3.05) is 0 Å². The highest BCUT2D eigenvalue weighted by Crippen LogP contribution is 2.30. The van der Waals surface area contributed by atoms with Crippen LogP contribution in [0.3, 0.4) is 0 Å². The summed E-state index contributed by atoms with van der Waals surface area (Å²) in [6, 6.07) is 7.74. The maximum absolute atomic E-state index is 11.9. The van der Waals surface area contributed by atoms with Gasteiger partial charge in [0, 0.05) is 47.5 Å². The summed E-state index contributed by atoms with van der Waals surface area (Å²) in [4.78, 5) is 16.7. The van der Waals surface area contributed by atoms with Crippen LogP contribution in [-0.4, -0.2) is 19.3 Å². The molecule has 0 saturated heterocycles. The Balaban J connectivity index is 1.59. The summed E-state index contributed by atoms with van der Waals surface area (Å²) in [6.45, 7) is 4.85. The van der Waals surface area contributed by atoms with E-state index in [1.54, 1.807) is 10.6 Å². The summed E-state index contributed by atoms with van der Waals surface area (Å²) < 4.78 is 3.56. The molecule has 140 valence electrons. The first kappa shape index (κ1) is 17.7.